The lowest BCUT2D eigenvalue weighted by Gasteiger charge is -2.52. The van der Waals surface area contributed by atoms with Gasteiger partial charge in [-0.15, -0.1) is 0 Å². The van der Waals surface area contributed by atoms with Crippen LogP contribution in [0.4, 0.5) is 30.6 Å². The summed E-state index contributed by atoms with van der Waals surface area (Å²) in [5.74, 6) is -0.133. The van der Waals surface area contributed by atoms with E-state index in [0.717, 1.165) is 57.8 Å². The van der Waals surface area contributed by atoms with E-state index >= 15 is 0 Å². The lowest BCUT2D eigenvalue weighted by atomic mass is 9.62. The van der Waals surface area contributed by atoms with Crippen LogP contribution in [0, 0.1) is 12.3 Å². The molecule has 1 aliphatic carbocycles. The highest BCUT2D eigenvalue weighted by atomic mass is 32.2. The van der Waals surface area contributed by atoms with E-state index in [-0.39, 0.29) is 28.8 Å². The summed E-state index contributed by atoms with van der Waals surface area (Å²) in [6.07, 6.45) is 3.21. The van der Waals surface area contributed by atoms with Crippen LogP contribution in [-0.2, 0) is 20.8 Å². The number of sulfone groups is 1. The van der Waals surface area contributed by atoms with Gasteiger partial charge in [0.1, 0.15) is 11.4 Å². The van der Waals surface area contributed by atoms with E-state index in [4.69, 9.17) is 4.74 Å². The van der Waals surface area contributed by atoms with Gasteiger partial charge in [-0.05, 0) is 101 Å². The number of benzene rings is 1. The van der Waals surface area contributed by atoms with Crippen LogP contribution < -0.4 is 10.2 Å². The summed E-state index contributed by atoms with van der Waals surface area (Å²) in [6, 6.07) is 5.43. The summed E-state index contributed by atoms with van der Waals surface area (Å²) < 4.78 is 74.6. The molecule has 4 aliphatic rings. The largest absolute Gasteiger partial charge is 0.421 e. The molecule has 2 aromatic rings. The van der Waals surface area contributed by atoms with Crippen molar-refractivity contribution in [1.82, 2.24) is 14.9 Å². The van der Waals surface area contributed by atoms with Crippen molar-refractivity contribution in [2.75, 3.05) is 43.0 Å². The zero-order valence-electron chi connectivity index (χ0n) is 25.2. The van der Waals surface area contributed by atoms with Crippen molar-refractivity contribution < 1.29 is 27.8 Å². The predicted molar refractivity (Wildman–Crippen MR) is 162 cm³/mol. The molecule has 3 aliphatic heterocycles. The summed E-state index contributed by atoms with van der Waals surface area (Å²) in [7, 11) is -3.49. The first-order valence-electron chi connectivity index (χ1n) is 15.5. The number of hydrogen-bond acceptors (Lipinski definition) is 8. The van der Waals surface area contributed by atoms with E-state index < -0.39 is 27.2 Å². The molecule has 6 rings (SSSR count). The van der Waals surface area contributed by atoms with Crippen LogP contribution in [0.15, 0.2) is 29.3 Å². The fourth-order valence-corrected chi connectivity index (χ4v) is 9.49. The standard InChI is InChI=1S/C31H42F3N5O3S.H2/c1-4-22(3)38-13-9-29(10-14-38)17-24(18-29)43(40,41)23-6-7-26(21(2)16-23)36-28-35-19-25(31(32,33)34)27(37-28)39-12-5-8-30(20-39)11-15-42-30;/h6-7,16,19,22,24H,4-5,8-15,17-18,20H2,1-3H3,(H,35,36,37);1H. The molecule has 8 nitrogen and oxygen atoms in total. The van der Waals surface area contributed by atoms with E-state index in [1.54, 1.807) is 30.0 Å². The zero-order chi connectivity index (χ0) is 30.6. The number of nitrogens with zero attached hydrogens (tertiary/aromatic N) is 4. The normalized spacial score (nSPS) is 25.4. The average Bonchev–Trinajstić information content (AvgIpc) is 2.95. The molecule has 2 atom stereocenters. The number of piperidine rings is 2. The summed E-state index contributed by atoms with van der Waals surface area (Å²) >= 11 is 0. The summed E-state index contributed by atoms with van der Waals surface area (Å²) in [5.41, 5.74) is 0.0554. The highest BCUT2D eigenvalue weighted by molar-refractivity contribution is 7.92. The number of nitrogens with one attached hydrogen (secondary N) is 1. The third-order valence-electron chi connectivity index (χ3n) is 10.5. The van der Waals surface area contributed by atoms with Crippen LogP contribution in [0.3, 0.4) is 0 Å². The predicted octanol–water partition coefficient (Wildman–Crippen LogP) is 6.37. The molecule has 4 fully saturated rings. The fraction of sp³-hybridized carbons (Fsp3) is 0.677. The van der Waals surface area contributed by atoms with Crippen molar-refractivity contribution in [1.29, 1.82) is 0 Å². The maximum Gasteiger partial charge on any atom is 0.421 e. The number of ether oxygens (including phenoxy) is 1. The molecule has 1 aromatic carbocycles. The molecular formula is C31H44F3N5O3S. The summed E-state index contributed by atoms with van der Waals surface area (Å²) in [5, 5.41) is 2.65. The summed E-state index contributed by atoms with van der Waals surface area (Å²) in [4.78, 5) is 12.7. The lowest BCUT2D eigenvalue weighted by molar-refractivity contribution is -0.152. The zero-order valence-corrected chi connectivity index (χ0v) is 26.0. The molecule has 4 heterocycles. The van der Waals surface area contributed by atoms with Crippen molar-refractivity contribution in [3.8, 4) is 0 Å². The molecule has 2 unspecified atom stereocenters. The van der Waals surface area contributed by atoms with Gasteiger partial charge in [0.2, 0.25) is 5.95 Å². The van der Waals surface area contributed by atoms with Crippen LogP contribution in [-0.4, -0.2) is 73.0 Å². The molecule has 0 bridgehead atoms. The topological polar surface area (TPSA) is 87.7 Å². The number of aryl methyl sites for hydroxylation is 1. The quantitative estimate of drug-likeness (QED) is 0.381. The molecule has 0 amide bonds. The van der Waals surface area contributed by atoms with Crippen molar-refractivity contribution in [2.45, 2.75) is 100 Å². The van der Waals surface area contributed by atoms with E-state index in [2.05, 4.69) is 34.0 Å². The molecule has 2 spiro atoms. The van der Waals surface area contributed by atoms with Crippen molar-refractivity contribution in [3.63, 3.8) is 0 Å². The van der Waals surface area contributed by atoms with Gasteiger partial charge in [0, 0.05) is 38.9 Å². The Balaban J connectivity index is 0.00000384. The maximum atomic E-state index is 13.9. The van der Waals surface area contributed by atoms with Crippen molar-refractivity contribution in [2.24, 2.45) is 5.41 Å². The van der Waals surface area contributed by atoms with Gasteiger partial charge in [0.25, 0.3) is 0 Å². The number of alkyl halides is 3. The second kappa shape index (κ2) is 11.2. The Kier molecular flexibility index (Phi) is 7.95. The second-order valence-electron chi connectivity index (χ2n) is 13.2. The molecule has 3 saturated heterocycles. The number of rotatable bonds is 7. The Morgan fingerprint density at radius 2 is 1.88 bits per heavy atom. The maximum absolute atomic E-state index is 13.9. The molecule has 1 N–H and O–H groups in total. The molecule has 12 heteroatoms. The molecular weight excluding hydrogens is 579 g/mol. The average molecular weight is 624 g/mol. The Morgan fingerprint density at radius 1 is 1.16 bits per heavy atom. The first-order chi connectivity index (χ1) is 20.3. The fourth-order valence-electron chi connectivity index (χ4n) is 7.36. The number of hydrogen-bond donors (Lipinski definition) is 1. The van der Waals surface area contributed by atoms with Crippen LogP contribution in [0.25, 0.3) is 0 Å². The number of aromatic nitrogens is 2. The van der Waals surface area contributed by atoms with Gasteiger partial charge in [-0.2, -0.15) is 18.2 Å². The van der Waals surface area contributed by atoms with Crippen LogP contribution >= 0.6 is 0 Å². The van der Waals surface area contributed by atoms with Gasteiger partial charge in [0.15, 0.2) is 9.84 Å². The highest BCUT2D eigenvalue weighted by Crippen LogP contribution is 2.53. The van der Waals surface area contributed by atoms with Crippen LogP contribution in [0.1, 0.15) is 77.8 Å². The smallest absolute Gasteiger partial charge is 0.373 e. The van der Waals surface area contributed by atoms with E-state index in [9.17, 15) is 21.6 Å². The van der Waals surface area contributed by atoms with Gasteiger partial charge in [-0.3, -0.25) is 0 Å². The Morgan fingerprint density at radius 3 is 2.49 bits per heavy atom. The molecule has 43 heavy (non-hydrogen) atoms. The molecule has 0 radical (unpaired) electrons. The molecule has 1 aromatic heterocycles. The minimum Gasteiger partial charge on any atom is -0.373 e. The third kappa shape index (κ3) is 5.86. The first-order valence-corrected chi connectivity index (χ1v) is 17.1. The van der Waals surface area contributed by atoms with Crippen LogP contribution in [0.5, 0.6) is 0 Å². The highest BCUT2D eigenvalue weighted by Gasteiger charge is 2.51. The third-order valence-corrected chi connectivity index (χ3v) is 12.6. The second-order valence-corrected chi connectivity index (χ2v) is 15.4. The van der Waals surface area contributed by atoms with E-state index in [1.807, 2.05) is 0 Å². The van der Waals surface area contributed by atoms with Gasteiger partial charge < -0.3 is 19.9 Å². The van der Waals surface area contributed by atoms with Gasteiger partial charge in [-0.1, -0.05) is 6.92 Å². The Hall–Kier alpha value is -2.44. The molecule has 1 saturated carbocycles. The minimum atomic E-state index is -4.60. The number of likely N-dealkylation sites (tertiary alicyclic amines) is 1. The lowest BCUT2D eigenvalue weighted by Crippen LogP contribution is -2.56. The number of halogens is 3. The molecule has 238 valence electrons. The van der Waals surface area contributed by atoms with Crippen LogP contribution in [0.2, 0.25) is 0 Å². The van der Waals surface area contributed by atoms with E-state index in [1.165, 1.54) is 0 Å². The first kappa shape index (κ1) is 30.6. The Bertz CT molecular complexity index is 1450. The number of anilines is 3. The SMILES string of the molecule is CCC(C)N1CCC2(CC1)CC(S(=O)(=O)c1ccc(Nc3ncc(C(F)(F)F)c(N4CCCC5(CCO5)C4)n3)c(C)c1)C2.[HH]. The monoisotopic (exact) mass is 623 g/mol. The van der Waals surface area contributed by atoms with E-state index in [0.29, 0.717) is 49.8 Å². The van der Waals surface area contributed by atoms with Gasteiger partial charge >= 0.3 is 6.18 Å². The Labute approximate surface area is 253 Å². The summed E-state index contributed by atoms with van der Waals surface area (Å²) in [6.45, 7) is 9.73. The minimum absolute atomic E-state index is 0. The van der Waals surface area contributed by atoms with Gasteiger partial charge in [-0.25, -0.2) is 13.4 Å². The van der Waals surface area contributed by atoms with Crippen molar-refractivity contribution in [3.05, 3.63) is 35.5 Å². The van der Waals surface area contributed by atoms with Crippen molar-refractivity contribution >= 4 is 27.3 Å². The van der Waals surface area contributed by atoms with Gasteiger partial charge in [0.05, 0.1) is 22.4 Å².